The van der Waals surface area contributed by atoms with Gasteiger partial charge in [-0.25, -0.2) is 9.78 Å². The lowest BCUT2D eigenvalue weighted by atomic mass is 10.3. The molecule has 0 N–H and O–H groups in total. The molecule has 0 saturated carbocycles. The van der Waals surface area contributed by atoms with Crippen molar-refractivity contribution in [3.05, 3.63) is 27.9 Å². The second-order valence-corrected chi connectivity index (χ2v) is 3.92. The first kappa shape index (κ1) is 13.2. The van der Waals surface area contributed by atoms with Crippen LogP contribution in [0.2, 0.25) is 0 Å². The number of rotatable bonds is 3. The smallest absolute Gasteiger partial charge is 0.356 e. The molecule has 1 aromatic heterocycles. The number of morpholine rings is 1. The summed E-state index contributed by atoms with van der Waals surface area (Å²) in [6.07, 6.45) is 0. The van der Waals surface area contributed by atoms with Crippen molar-refractivity contribution in [3.63, 3.8) is 0 Å². The van der Waals surface area contributed by atoms with Gasteiger partial charge in [0, 0.05) is 19.2 Å². The van der Waals surface area contributed by atoms with Crippen LogP contribution in [0.5, 0.6) is 0 Å². The fourth-order valence-corrected chi connectivity index (χ4v) is 1.77. The van der Waals surface area contributed by atoms with Gasteiger partial charge in [-0.15, -0.1) is 0 Å². The van der Waals surface area contributed by atoms with Gasteiger partial charge in [-0.3, -0.25) is 10.1 Å². The normalized spacial score (nSPS) is 15.1. The molecule has 1 aromatic rings. The monoisotopic (exact) mass is 267 g/mol. The number of esters is 1. The topological polar surface area (TPSA) is 94.8 Å². The summed E-state index contributed by atoms with van der Waals surface area (Å²) in [4.78, 5) is 27.7. The van der Waals surface area contributed by atoms with E-state index in [1.165, 1.54) is 13.2 Å². The zero-order valence-corrected chi connectivity index (χ0v) is 10.4. The van der Waals surface area contributed by atoms with Crippen molar-refractivity contribution in [3.8, 4) is 0 Å². The standard InChI is InChI=1S/C11H13N3O5/c1-18-11(15)9-6-8(14(16)17)7-10(12-9)13-2-4-19-5-3-13/h6-7H,2-5H2,1H3. The molecule has 0 amide bonds. The molecule has 0 unspecified atom stereocenters. The van der Waals surface area contributed by atoms with E-state index in [0.717, 1.165) is 6.07 Å². The number of nitro groups is 1. The van der Waals surface area contributed by atoms with Crippen LogP contribution in [0.25, 0.3) is 0 Å². The average molecular weight is 267 g/mol. The molecule has 0 aliphatic carbocycles. The number of nitrogens with zero attached hydrogens (tertiary/aromatic N) is 3. The molecule has 8 heteroatoms. The first-order chi connectivity index (χ1) is 9.11. The molecular formula is C11H13N3O5. The largest absolute Gasteiger partial charge is 0.464 e. The molecule has 0 spiro atoms. The van der Waals surface area contributed by atoms with Gasteiger partial charge in [-0.05, 0) is 0 Å². The van der Waals surface area contributed by atoms with Gasteiger partial charge in [0.05, 0.1) is 31.3 Å². The Morgan fingerprint density at radius 3 is 2.74 bits per heavy atom. The number of ether oxygens (including phenoxy) is 2. The molecule has 0 radical (unpaired) electrons. The van der Waals surface area contributed by atoms with Gasteiger partial charge in [0.25, 0.3) is 5.69 Å². The SMILES string of the molecule is COC(=O)c1cc([N+](=O)[O-])cc(N2CCOCC2)n1. The molecule has 8 nitrogen and oxygen atoms in total. The molecule has 1 fully saturated rings. The van der Waals surface area contributed by atoms with Crippen molar-refractivity contribution in [1.29, 1.82) is 0 Å². The number of pyridine rings is 1. The number of methoxy groups -OCH3 is 1. The lowest BCUT2D eigenvalue weighted by molar-refractivity contribution is -0.384. The van der Waals surface area contributed by atoms with Gasteiger partial charge in [-0.1, -0.05) is 0 Å². The van der Waals surface area contributed by atoms with E-state index in [1.54, 1.807) is 0 Å². The minimum absolute atomic E-state index is 0.0711. The van der Waals surface area contributed by atoms with E-state index in [4.69, 9.17) is 4.74 Å². The second-order valence-electron chi connectivity index (χ2n) is 3.92. The lowest BCUT2D eigenvalue weighted by Crippen LogP contribution is -2.37. The molecule has 0 bridgehead atoms. The first-order valence-corrected chi connectivity index (χ1v) is 5.69. The number of hydrogen-bond donors (Lipinski definition) is 0. The molecule has 1 aliphatic heterocycles. The highest BCUT2D eigenvalue weighted by Crippen LogP contribution is 2.21. The quantitative estimate of drug-likeness (QED) is 0.450. The lowest BCUT2D eigenvalue weighted by Gasteiger charge is -2.27. The third-order valence-corrected chi connectivity index (χ3v) is 2.74. The van der Waals surface area contributed by atoms with Crippen LogP contribution in [0.4, 0.5) is 11.5 Å². The summed E-state index contributed by atoms with van der Waals surface area (Å²) >= 11 is 0. The van der Waals surface area contributed by atoms with Crippen LogP contribution in [0.3, 0.4) is 0 Å². The molecular weight excluding hydrogens is 254 g/mol. The number of hydrogen-bond acceptors (Lipinski definition) is 7. The third kappa shape index (κ3) is 2.97. The molecule has 102 valence electrons. The van der Waals surface area contributed by atoms with E-state index in [1.807, 2.05) is 4.90 Å². The summed E-state index contributed by atoms with van der Waals surface area (Å²) in [6, 6.07) is 2.45. The summed E-state index contributed by atoms with van der Waals surface area (Å²) in [5, 5.41) is 10.9. The van der Waals surface area contributed by atoms with Gasteiger partial charge in [0.1, 0.15) is 5.82 Å². The predicted octanol–water partition coefficient (Wildman–Crippen LogP) is 0.613. The molecule has 0 aromatic carbocycles. The van der Waals surface area contributed by atoms with Crippen molar-refractivity contribution in [2.75, 3.05) is 38.3 Å². The molecule has 1 saturated heterocycles. The average Bonchev–Trinajstić information content (AvgIpc) is 2.46. The highest BCUT2D eigenvalue weighted by Gasteiger charge is 2.20. The summed E-state index contributed by atoms with van der Waals surface area (Å²) in [7, 11) is 1.21. The Morgan fingerprint density at radius 2 is 2.16 bits per heavy atom. The number of anilines is 1. The number of carbonyl (C=O) groups excluding carboxylic acids is 1. The van der Waals surface area contributed by atoms with Gasteiger partial charge in [0.15, 0.2) is 5.69 Å². The molecule has 2 rings (SSSR count). The maximum Gasteiger partial charge on any atom is 0.356 e. The minimum Gasteiger partial charge on any atom is -0.464 e. The molecule has 19 heavy (non-hydrogen) atoms. The Kier molecular flexibility index (Phi) is 3.91. The van der Waals surface area contributed by atoms with Crippen molar-refractivity contribution in [2.24, 2.45) is 0 Å². The predicted molar refractivity (Wildman–Crippen MR) is 65.3 cm³/mol. The fraction of sp³-hybridized carbons (Fsp3) is 0.455. The number of carbonyl (C=O) groups is 1. The van der Waals surface area contributed by atoms with Crippen LogP contribution in [0.1, 0.15) is 10.5 Å². The van der Waals surface area contributed by atoms with Gasteiger partial charge >= 0.3 is 5.97 Å². The second kappa shape index (κ2) is 5.61. The van der Waals surface area contributed by atoms with Crippen LogP contribution in [0, 0.1) is 10.1 Å². The van der Waals surface area contributed by atoms with E-state index in [-0.39, 0.29) is 11.4 Å². The van der Waals surface area contributed by atoms with E-state index < -0.39 is 10.9 Å². The van der Waals surface area contributed by atoms with E-state index in [0.29, 0.717) is 32.1 Å². The summed E-state index contributed by atoms with van der Waals surface area (Å²) < 4.78 is 9.75. The zero-order valence-electron chi connectivity index (χ0n) is 10.4. The van der Waals surface area contributed by atoms with Crippen molar-refractivity contribution < 1.29 is 19.2 Å². The van der Waals surface area contributed by atoms with Crippen molar-refractivity contribution in [1.82, 2.24) is 4.98 Å². The summed E-state index contributed by atoms with van der Waals surface area (Å²) in [6.45, 7) is 2.21. The molecule has 2 heterocycles. The Hall–Kier alpha value is -2.22. The van der Waals surface area contributed by atoms with E-state index >= 15 is 0 Å². The van der Waals surface area contributed by atoms with E-state index in [2.05, 4.69) is 9.72 Å². The van der Waals surface area contributed by atoms with Crippen LogP contribution in [-0.2, 0) is 9.47 Å². The summed E-state index contributed by atoms with van der Waals surface area (Å²) in [5.74, 6) is -0.309. The Labute approximate surface area is 109 Å². The fourth-order valence-electron chi connectivity index (χ4n) is 1.77. The van der Waals surface area contributed by atoms with Gasteiger partial charge in [0.2, 0.25) is 0 Å². The zero-order chi connectivity index (χ0) is 13.8. The third-order valence-electron chi connectivity index (χ3n) is 2.74. The minimum atomic E-state index is -0.696. The maximum atomic E-state index is 11.5. The van der Waals surface area contributed by atoms with Crippen LogP contribution in [0.15, 0.2) is 12.1 Å². The van der Waals surface area contributed by atoms with Gasteiger partial charge < -0.3 is 14.4 Å². The molecule has 0 atom stereocenters. The molecule has 1 aliphatic rings. The maximum absolute atomic E-state index is 11.5. The van der Waals surface area contributed by atoms with Gasteiger partial charge in [-0.2, -0.15) is 0 Å². The first-order valence-electron chi connectivity index (χ1n) is 5.69. The van der Waals surface area contributed by atoms with Crippen LogP contribution in [-0.4, -0.2) is 49.3 Å². The van der Waals surface area contributed by atoms with E-state index in [9.17, 15) is 14.9 Å². The Bertz CT molecular complexity index is 499. The van der Waals surface area contributed by atoms with Crippen molar-refractivity contribution >= 4 is 17.5 Å². The highest BCUT2D eigenvalue weighted by atomic mass is 16.6. The van der Waals surface area contributed by atoms with Crippen molar-refractivity contribution in [2.45, 2.75) is 0 Å². The highest BCUT2D eigenvalue weighted by molar-refractivity contribution is 5.88. The Morgan fingerprint density at radius 1 is 1.47 bits per heavy atom. The number of aromatic nitrogens is 1. The van der Waals surface area contributed by atoms with Crippen LogP contribution < -0.4 is 4.90 Å². The van der Waals surface area contributed by atoms with Crippen LogP contribution >= 0.6 is 0 Å². The summed E-state index contributed by atoms with van der Waals surface area (Å²) in [5.41, 5.74) is -0.255. The Balaban J connectivity index is 2.38.